The lowest BCUT2D eigenvalue weighted by Gasteiger charge is -2.07. The summed E-state index contributed by atoms with van der Waals surface area (Å²) in [5.74, 6) is -0.457. The molecule has 0 saturated carbocycles. The summed E-state index contributed by atoms with van der Waals surface area (Å²) in [6.45, 7) is 1.87. The number of halogens is 1. The Morgan fingerprint density at radius 3 is 2.88 bits per heavy atom. The molecule has 0 aromatic heterocycles. The summed E-state index contributed by atoms with van der Waals surface area (Å²) in [6, 6.07) is 4.74. The van der Waals surface area contributed by atoms with Crippen LogP contribution in [0.4, 0.5) is 11.4 Å². The number of nitro groups is 1. The number of carbonyl (C=O) groups excluding carboxylic acids is 1. The van der Waals surface area contributed by atoms with Gasteiger partial charge in [-0.15, -0.1) is 0 Å². The molecule has 17 heavy (non-hydrogen) atoms. The molecule has 0 aliphatic heterocycles. The lowest BCUT2D eigenvalue weighted by Crippen LogP contribution is -2.17. The Kier molecular flexibility index (Phi) is 4.89. The average Bonchev–Trinajstić information content (AvgIpc) is 2.26. The van der Waals surface area contributed by atoms with Gasteiger partial charge >= 0.3 is 11.7 Å². The van der Waals surface area contributed by atoms with Crippen LogP contribution in [0.25, 0.3) is 0 Å². The van der Waals surface area contributed by atoms with Crippen molar-refractivity contribution >= 4 is 33.3 Å². The van der Waals surface area contributed by atoms with Crippen molar-refractivity contribution in [2.24, 2.45) is 0 Å². The molecule has 1 N–H and O–H groups in total. The van der Waals surface area contributed by atoms with Crippen LogP contribution in [0.5, 0.6) is 0 Å². The third-order valence-corrected chi connectivity index (χ3v) is 2.54. The Bertz CT molecular complexity index is 436. The monoisotopic (exact) mass is 302 g/mol. The number of hydrogen-bond acceptors (Lipinski definition) is 5. The van der Waals surface area contributed by atoms with Crippen LogP contribution in [0.3, 0.4) is 0 Å². The number of benzene rings is 1. The number of nitrogens with zero attached hydrogens (tertiary/aromatic N) is 1. The molecule has 0 aliphatic rings. The predicted octanol–water partition coefficient (Wildman–Crippen LogP) is 2.33. The van der Waals surface area contributed by atoms with Crippen molar-refractivity contribution in [1.82, 2.24) is 0 Å². The smallest absolute Gasteiger partial charge is 0.325 e. The molecular weight excluding hydrogens is 292 g/mol. The number of anilines is 1. The number of rotatable bonds is 5. The maximum Gasteiger partial charge on any atom is 0.325 e. The average molecular weight is 303 g/mol. The summed E-state index contributed by atoms with van der Waals surface area (Å²) >= 11 is 3.09. The summed E-state index contributed by atoms with van der Waals surface area (Å²) in [6.07, 6.45) is 0. The highest BCUT2D eigenvalue weighted by Gasteiger charge is 2.18. The van der Waals surface area contributed by atoms with Crippen molar-refractivity contribution in [2.75, 3.05) is 18.5 Å². The molecule has 7 heteroatoms. The van der Waals surface area contributed by atoms with E-state index in [1.807, 2.05) is 0 Å². The van der Waals surface area contributed by atoms with Gasteiger partial charge in [0.2, 0.25) is 0 Å². The Balaban J connectivity index is 2.81. The largest absolute Gasteiger partial charge is 0.465 e. The molecule has 1 aromatic rings. The second kappa shape index (κ2) is 6.19. The van der Waals surface area contributed by atoms with Crippen LogP contribution in [-0.4, -0.2) is 24.0 Å². The number of nitrogens with one attached hydrogen (secondary N) is 1. The second-order valence-corrected chi connectivity index (χ2v) is 3.91. The molecule has 0 saturated heterocycles. The summed E-state index contributed by atoms with van der Waals surface area (Å²) in [7, 11) is 0. The molecule has 0 atom stereocenters. The van der Waals surface area contributed by atoms with Crippen molar-refractivity contribution in [2.45, 2.75) is 6.92 Å². The summed E-state index contributed by atoms with van der Waals surface area (Å²) < 4.78 is 5.07. The first-order valence-corrected chi connectivity index (χ1v) is 5.68. The number of para-hydroxylation sites is 1. The molecular formula is C10H11BrN2O4. The van der Waals surface area contributed by atoms with E-state index in [1.54, 1.807) is 19.1 Å². The lowest BCUT2D eigenvalue weighted by atomic mass is 10.2. The second-order valence-electron chi connectivity index (χ2n) is 3.05. The lowest BCUT2D eigenvalue weighted by molar-refractivity contribution is -0.384. The van der Waals surface area contributed by atoms with Gasteiger partial charge in [0.25, 0.3) is 0 Å². The number of esters is 1. The number of ether oxygens (including phenoxy) is 1. The fourth-order valence-electron chi connectivity index (χ4n) is 1.22. The topological polar surface area (TPSA) is 81.5 Å². The van der Waals surface area contributed by atoms with Gasteiger partial charge in [-0.2, -0.15) is 0 Å². The number of carbonyl (C=O) groups is 1. The van der Waals surface area contributed by atoms with E-state index in [2.05, 4.69) is 21.2 Å². The first kappa shape index (κ1) is 13.4. The van der Waals surface area contributed by atoms with Gasteiger partial charge in [0, 0.05) is 0 Å². The van der Waals surface area contributed by atoms with Gasteiger partial charge in [0.1, 0.15) is 12.2 Å². The molecule has 0 amide bonds. The van der Waals surface area contributed by atoms with Crippen molar-refractivity contribution in [3.05, 3.63) is 32.8 Å². The minimum Gasteiger partial charge on any atom is -0.465 e. The van der Waals surface area contributed by atoms with E-state index in [-0.39, 0.29) is 24.5 Å². The first-order valence-electron chi connectivity index (χ1n) is 4.88. The zero-order valence-corrected chi connectivity index (χ0v) is 10.7. The van der Waals surface area contributed by atoms with E-state index in [1.165, 1.54) is 6.07 Å². The summed E-state index contributed by atoms with van der Waals surface area (Å²) in [4.78, 5) is 21.4. The third kappa shape index (κ3) is 3.70. The van der Waals surface area contributed by atoms with Crippen LogP contribution in [0, 0.1) is 10.1 Å². The zero-order chi connectivity index (χ0) is 12.8. The number of hydrogen-bond donors (Lipinski definition) is 1. The van der Waals surface area contributed by atoms with Crippen molar-refractivity contribution < 1.29 is 14.5 Å². The van der Waals surface area contributed by atoms with Crippen LogP contribution in [-0.2, 0) is 9.53 Å². The standard InChI is InChI=1S/C10H11BrN2O4/c1-2-17-9(14)6-12-8-5-3-4-7(11)10(8)13(15)16/h3-5,12H,2,6H2,1H3. The van der Waals surface area contributed by atoms with Gasteiger partial charge in [-0.25, -0.2) is 0 Å². The van der Waals surface area contributed by atoms with E-state index in [9.17, 15) is 14.9 Å². The predicted molar refractivity (Wildman–Crippen MR) is 65.9 cm³/mol. The molecule has 0 spiro atoms. The third-order valence-electron chi connectivity index (χ3n) is 1.90. The van der Waals surface area contributed by atoms with E-state index in [0.29, 0.717) is 4.47 Å². The van der Waals surface area contributed by atoms with Gasteiger partial charge in [-0.1, -0.05) is 6.07 Å². The maximum absolute atomic E-state index is 11.1. The minimum atomic E-state index is -0.516. The highest BCUT2D eigenvalue weighted by molar-refractivity contribution is 9.10. The molecule has 92 valence electrons. The fourth-order valence-corrected chi connectivity index (χ4v) is 1.73. The van der Waals surface area contributed by atoms with Crippen LogP contribution in [0.2, 0.25) is 0 Å². The summed E-state index contributed by atoms with van der Waals surface area (Å²) in [5, 5.41) is 13.5. The zero-order valence-electron chi connectivity index (χ0n) is 9.10. The van der Waals surface area contributed by atoms with Crippen LogP contribution >= 0.6 is 15.9 Å². The fraction of sp³-hybridized carbons (Fsp3) is 0.300. The normalized spacial score (nSPS) is 9.76. The van der Waals surface area contributed by atoms with E-state index >= 15 is 0 Å². The Hall–Kier alpha value is -1.63. The Morgan fingerprint density at radius 1 is 1.59 bits per heavy atom. The van der Waals surface area contributed by atoms with Gasteiger partial charge in [0.05, 0.1) is 16.0 Å². The molecule has 0 unspecified atom stereocenters. The number of nitro benzene ring substituents is 1. The van der Waals surface area contributed by atoms with Crippen molar-refractivity contribution in [3.8, 4) is 0 Å². The van der Waals surface area contributed by atoms with Crippen LogP contribution in [0.15, 0.2) is 22.7 Å². The molecule has 6 nitrogen and oxygen atoms in total. The van der Waals surface area contributed by atoms with Gasteiger partial charge in [0.15, 0.2) is 0 Å². The molecule has 1 rings (SSSR count). The SMILES string of the molecule is CCOC(=O)CNc1cccc(Br)c1[N+](=O)[O-]. The maximum atomic E-state index is 11.1. The molecule has 0 radical (unpaired) electrons. The van der Waals surface area contributed by atoms with Crippen LogP contribution in [0.1, 0.15) is 6.92 Å². The molecule has 1 aromatic carbocycles. The van der Waals surface area contributed by atoms with E-state index in [4.69, 9.17) is 4.74 Å². The van der Waals surface area contributed by atoms with Gasteiger partial charge in [-0.05, 0) is 35.0 Å². The van der Waals surface area contributed by atoms with Crippen LogP contribution < -0.4 is 5.32 Å². The first-order chi connectivity index (χ1) is 8.06. The quantitative estimate of drug-likeness (QED) is 0.513. The van der Waals surface area contributed by atoms with Crippen molar-refractivity contribution in [3.63, 3.8) is 0 Å². The van der Waals surface area contributed by atoms with Crippen molar-refractivity contribution in [1.29, 1.82) is 0 Å². The van der Waals surface area contributed by atoms with Gasteiger partial charge in [-0.3, -0.25) is 14.9 Å². The highest BCUT2D eigenvalue weighted by atomic mass is 79.9. The summed E-state index contributed by atoms with van der Waals surface area (Å²) in [5.41, 5.74) is 0.175. The Labute approximate surface area is 106 Å². The molecule has 0 bridgehead atoms. The minimum absolute atomic E-state index is 0.100. The van der Waals surface area contributed by atoms with E-state index in [0.717, 1.165) is 0 Å². The Morgan fingerprint density at radius 2 is 2.29 bits per heavy atom. The van der Waals surface area contributed by atoms with Gasteiger partial charge < -0.3 is 10.1 Å². The molecule has 0 aliphatic carbocycles. The van der Waals surface area contributed by atoms with E-state index < -0.39 is 10.9 Å². The highest BCUT2D eigenvalue weighted by Crippen LogP contribution is 2.32. The molecule has 0 heterocycles. The molecule has 0 fully saturated rings.